The van der Waals surface area contributed by atoms with E-state index >= 15 is 0 Å². The van der Waals surface area contributed by atoms with Crippen LogP contribution in [0.5, 0.6) is 0 Å². The Bertz CT molecular complexity index is 661. The number of hydrogen-bond acceptors (Lipinski definition) is 5. The number of carbonyl (C=O) groups is 2. The van der Waals surface area contributed by atoms with Crippen molar-refractivity contribution in [1.29, 1.82) is 0 Å². The van der Waals surface area contributed by atoms with Crippen LogP contribution >= 0.6 is 11.3 Å². The highest BCUT2D eigenvalue weighted by Gasteiger charge is 2.15. The van der Waals surface area contributed by atoms with Gasteiger partial charge in [0.15, 0.2) is 5.78 Å². The van der Waals surface area contributed by atoms with Crippen molar-refractivity contribution in [1.82, 2.24) is 4.98 Å². The summed E-state index contributed by atoms with van der Waals surface area (Å²) < 4.78 is 0. The molecule has 0 spiro atoms. The Balaban J connectivity index is 2.23. The van der Waals surface area contributed by atoms with Crippen molar-refractivity contribution in [3.63, 3.8) is 0 Å². The van der Waals surface area contributed by atoms with Crippen LogP contribution in [0.3, 0.4) is 0 Å². The molecule has 0 radical (unpaired) electrons. The smallest absolute Gasteiger partial charge is 0.371 e. The molecule has 0 bridgehead atoms. The molecule has 0 aliphatic carbocycles. The maximum Gasteiger partial charge on any atom is 0.371 e. The first-order valence-electron chi connectivity index (χ1n) is 5.72. The van der Waals surface area contributed by atoms with Gasteiger partial charge in [0, 0.05) is 24.4 Å². The number of aliphatic carboxylic acids is 1. The zero-order valence-corrected chi connectivity index (χ0v) is 11.1. The van der Waals surface area contributed by atoms with Crippen LogP contribution in [-0.4, -0.2) is 26.9 Å². The molecule has 0 unspecified atom stereocenters. The lowest BCUT2D eigenvalue weighted by Gasteiger charge is -2.01. The fourth-order valence-corrected chi connectivity index (χ4v) is 2.48. The zero-order chi connectivity index (χ0) is 14.5. The number of aliphatic hydroxyl groups excluding tert-OH is 1. The van der Waals surface area contributed by atoms with Crippen molar-refractivity contribution < 1.29 is 19.8 Å². The number of pyridine rings is 1. The fraction of sp³-hybridized carbons (Fsp3) is 0.0714. The van der Waals surface area contributed by atoms with Gasteiger partial charge in [-0.2, -0.15) is 0 Å². The SMILES string of the molecule is O=C(O)/C(O)=C/C(=O)c1sccc1Cc1ccccn1. The van der Waals surface area contributed by atoms with Gasteiger partial charge in [-0.1, -0.05) is 6.07 Å². The van der Waals surface area contributed by atoms with Crippen LogP contribution in [-0.2, 0) is 11.2 Å². The minimum Gasteiger partial charge on any atom is -0.502 e. The summed E-state index contributed by atoms with van der Waals surface area (Å²) >= 11 is 1.20. The molecule has 0 fully saturated rings. The van der Waals surface area contributed by atoms with Crippen LogP contribution in [0, 0.1) is 0 Å². The Morgan fingerprint density at radius 3 is 2.70 bits per heavy atom. The second-order valence-electron chi connectivity index (χ2n) is 3.97. The molecule has 2 aromatic rings. The Labute approximate surface area is 118 Å². The summed E-state index contributed by atoms with van der Waals surface area (Å²) in [6.07, 6.45) is 2.86. The van der Waals surface area contributed by atoms with Crippen molar-refractivity contribution in [3.8, 4) is 0 Å². The van der Waals surface area contributed by atoms with Crippen LogP contribution < -0.4 is 0 Å². The summed E-state index contributed by atoms with van der Waals surface area (Å²) in [4.78, 5) is 27.0. The first-order valence-corrected chi connectivity index (χ1v) is 6.60. The number of ketones is 1. The third-order valence-electron chi connectivity index (χ3n) is 2.56. The summed E-state index contributed by atoms with van der Waals surface area (Å²) in [6.45, 7) is 0. The van der Waals surface area contributed by atoms with Crippen LogP contribution in [0.15, 0.2) is 47.7 Å². The molecule has 2 N–H and O–H groups in total. The van der Waals surface area contributed by atoms with Gasteiger partial charge < -0.3 is 10.2 Å². The monoisotopic (exact) mass is 289 g/mol. The lowest BCUT2D eigenvalue weighted by atomic mass is 10.1. The number of carboxylic acids is 1. The second-order valence-corrected chi connectivity index (χ2v) is 4.89. The van der Waals surface area contributed by atoms with Gasteiger partial charge in [0.05, 0.1) is 4.88 Å². The molecular weight excluding hydrogens is 278 g/mol. The molecule has 0 aromatic carbocycles. The molecular formula is C14H11NO4S. The molecule has 5 nitrogen and oxygen atoms in total. The van der Waals surface area contributed by atoms with E-state index in [1.165, 1.54) is 11.3 Å². The summed E-state index contributed by atoms with van der Waals surface area (Å²) in [5, 5.41) is 19.4. The van der Waals surface area contributed by atoms with Gasteiger partial charge in [-0.05, 0) is 29.1 Å². The van der Waals surface area contributed by atoms with E-state index in [4.69, 9.17) is 10.2 Å². The number of allylic oxidation sites excluding steroid dienone is 1. The first-order chi connectivity index (χ1) is 9.58. The van der Waals surface area contributed by atoms with E-state index < -0.39 is 17.5 Å². The van der Waals surface area contributed by atoms with E-state index in [0.717, 1.165) is 17.3 Å². The lowest BCUT2D eigenvalue weighted by Crippen LogP contribution is -2.04. The van der Waals surface area contributed by atoms with Crippen LogP contribution in [0.4, 0.5) is 0 Å². The highest BCUT2D eigenvalue weighted by molar-refractivity contribution is 7.12. The van der Waals surface area contributed by atoms with Crippen molar-refractivity contribution in [2.24, 2.45) is 0 Å². The number of carboxylic acid groups (broad SMARTS) is 1. The lowest BCUT2D eigenvalue weighted by molar-refractivity contribution is -0.135. The largest absolute Gasteiger partial charge is 0.502 e. The van der Waals surface area contributed by atoms with Gasteiger partial charge in [0.1, 0.15) is 0 Å². The number of aromatic nitrogens is 1. The Kier molecular flexibility index (Phi) is 4.27. The van der Waals surface area contributed by atoms with E-state index in [1.54, 1.807) is 23.7 Å². The highest BCUT2D eigenvalue weighted by Crippen LogP contribution is 2.21. The third kappa shape index (κ3) is 3.30. The first kappa shape index (κ1) is 14.0. The van der Waals surface area contributed by atoms with E-state index in [1.807, 2.05) is 12.1 Å². The quantitative estimate of drug-likeness (QED) is 0.501. The predicted octanol–water partition coefficient (Wildman–Crippen LogP) is 2.44. The van der Waals surface area contributed by atoms with Gasteiger partial charge >= 0.3 is 5.97 Å². The van der Waals surface area contributed by atoms with Gasteiger partial charge in [0.2, 0.25) is 5.76 Å². The molecule has 0 saturated heterocycles. The van der Waals surface area contributed by atoms with Crippen molar-refractivity contribution in [2.45, 2.75) is 6.42 Å². The minimum atomic E-state index is -1.53. The third-order valence-corrected chi connectivity index (χ3v) is 3.53. The Morgan fingerprint density at radius 1 is 1.25 bits per heavy atom. The molecule has 2 rings (SSSR count). The van der Waals surface area contributed by atoms with E-state index in [-0.39, 0.29) is 0 Å². The minimum absolute atomic E-state index is 0.406. The summed E-state index contributed by atoms with van der Waals surface area (Å²) in [7, 11) is 0. The van der Waals surface area contributed by atoms with Crippen LogP contribution in [0.1, 0.15) is 20.9 Å². The summed E-state index contributed by atoms with van der Waals surface area (Å²) in [6, 6.07) is 7.29. The number of hydrogen-bond donors (Lipinski definition) is 2. The molecule has 0 aliphatic heterocycles. The summed E-state index contributed by atoms with van der Waals surface area (Å²) in [5.74, 6) is -3.01. The van der Waals surface area contributed by atoms with Gasteiger partial charge in [-0.25, -0.2) is 4.79 Å². The molecule has 102 valence electrons. The highest BCUT2D eigenvalue weighted by atomic mass is 32.1. The number of aliphatic hydroxyl groups is 1. The number of rotatable bonds is 5. The molecule has 0 atom stereocenters. The molecule has 20 heavy (non-hydrogen) atoms. The number of nitrogens with zero attached hydrogens (tertiary/aromatic N) is 1. The maximum absolute atomic E-state index is 11.9. The second kappa shape index (κ2) is 6.12. The van der Waals surface area contributed by atoms with Gasteiger partial charge in [-0.3, -0.25) is 9.78 Å². The van der Waals surface area contributed by atoms with Crippen LogP contribution in [0.2, 0.25) is 0 Å². The maximum atomic E-state index is 11.9. The standard InChI is InChI=1S/C14H11NO4S/c16-11(8-12(17)14(18)19)13-9(4-6-20-13)7-10-3-1-2-5-15-10/h1-6,8,17H,7H2,(H,18,19)/b12-8-. The molecule has 0 saturated carbocycles. The molecule has 0 aliphatic rings. The van der Waals surface area contributed by atoms with E-state index in [9.17, 15) is 9.59 Å². The molecule has 0 amide bonds. The Hall–Kier alpha value is -2.47. The van der Waals surface area contributed by atoms with Crippen molar-refractivity contribution >= 4 is 23.1 Å². The van der Waals surface area contributed by atoms with Crippen molar-refractivity contribution in [3.05, 3.63) is 63.8 Å². The zero-order valence-electron chi connectivity index (χ0n) is 10.3. The Morgan fingerprint density at radius 2 is 2.05 bits per heavy atom. The van der Waals surface area contributed by atoms with Gasteiger partial charge in [-0.15, -0.1) is 11.3 Å². The average molecular weight is 289 g/mol. The summed E-state index contributed by atoms with van der Waals surface area (Å²) in [5.41, 5.74) is 1.57. The number of carbonyl (C=O) groups excluding carboxylic acids is 1. The molecule has 2 heterocycles. The van der Waals surface area contributed by atoms with Gasteiger partial charge in [0.25, 0.3) is 0 Å². The normalized spacial score (nSPS) is 11.3. The predicted molar refractivity (Wildman–Crippen MR) is 74.0 cm³/mol. The molecule has 6 heteroatoms. The van der Waals surface area contributed by atoms with E-state index in [0.29, 0.717) is 11.3 Å². The fourth-order valence-electron chi connectivity index (χ4n) is 1.64. The van der Waals surface area contributed by atoms with E-state index in [2.05, 4.69) is 4.98 Å². The average Bonchev–Trinajstić information content (AvgIpc) is 2.88. The molecule has 2 aromatic heterocycles. The number of thiophene rings is 1. The topological polar surface area (TPSA) is 87.5 Å². The van der Waals surface area contributed by atoms with Crippen molar-refractivity contribution in [2.75, 3.05) is 0 Å². The van der Waals surface area contributed by atoms with Crippen LogP contribution in [0.25, 0.3) is 0 Å².